The maximum Gasteiger partial charge on any atom is 0.319 e. The van der Waals surface area contributed by atoms with Gasteiger partial charge in [-0.2, -0.15) is 0 Å². The van der Waals surface area contributed by atoms with Crippen LogP contribution < -0.4 is 10.2 Å². The molecular weight excluding hydrogens is 352 g/mol. The first-order valence-corrected chi connectivity index (χ1v) is 9.62. The van der Waals surface area contributed by atoms with E-state index in [1.165, 1.54) is 0 Å². The lowest BCUT2D eigenvalue weighted by Gasteiger charge is -2.33. The van der Waals surface area contributed by atoms with Crippen LogP contribution in [0.25, 0.3) is 0 Å². The van der Waals surface area contributed by atoms with Crippen LogP contribution in [0, 0.1) is 5.92 Å². The number of benzene rings is 2. The van der Waals surface area contributed by atoms with Crippen LogP contribution in [0.4, 0.5) is 21.9 Å². The van der Waals surface area contributed by atoms with Crippen LogP contribution >= 0.6 is 0 Å². The highest BCUT2D eigenvalue weighted by Crippen LogP contribution is 2.31. The third kappa shape index (κ3) is 4.44. The van der Waals surface area contributed by atoms with Gasteiger partial charge in [0.05, 0.1) is 11.4 Å². The maximum absolute atomic E-state index is 12.8. The van der Waals surface area contributed by atoms with Gasteiger partial charge in [0.15, 0.2) is 0 Å². The minimum absolute atomic E-state index is 0.00805. The molecule has 6 heteroatoms. The van der Waals surface area contributed by atoms with Crippen molar-refractivity contribution >= 4 is 29.0 Å². The predicted molar refractivity (Wildman–Crippen MR) is 113 cm³/mol. The molecule has 28 heavy (non-hydrogen) atoms. The molecule has 2 aromatic carbocycles. The van der Waals surface area contributed by atoms with Gasteiger partial charge in [-0.3, -0.25) is 4.79 Å². The number of amides is 3. The molecule has 0 radical (unpaired) electrons. The zero-order valence-corrected chi connectivity index (χ0v) is 16.8. The van der Waals surface area contributed by atoms with Crippen LogP contribution in [0.15, 0.2) is 54.6 Å². The van der Waals surface area contributed by atoms with Crippen LogP contribution in [0.3, 0.4) is 0 Å². The van der Waals surface area contributed by atoms with Gasteiger partial charge in [-0.25, -0.2) is 4.79 Å². The zero-order valence-electron chi connectivity index (χ0n) is 16.8. The molecule has 0 saturated carbocycles. The Morgan fingerprint density at radius 2 is 1.54 bits per heavy atom. The third-order valence-corrected chi connectivity index (χ3v) is 5.19. The lowest BCUT2D eigenvalue weighted by atomic mass is 9.96. The Balaban J connectivity index is 1.66. The number of hydrogen-bond acceptors (Lipinski definition) is 3. The second kappa shape index (κ2) is 8.78. The first-order valence-electron chi connectivity index (χ1n) is 9.62. The average Bonchev–Trinajstić information content (AvgIpc) is 2.73. The van der Waals surface area contributed by atoms with E-state index in [2.05, 4.69) is 10.2 Å². The van der Waals surface area contributed by atoms with E-state index >= 15 is 0 Å². The van der Waals surface area contributed by atoms with Crippen LogP contribution in [0.2, 0.25) is 0 Å². The minimum atomic E-state index is -0.0821. The number of carbonyl (C=O) groups excluding carboxylic acids is 2. The average molecular weight is 380 g/mol. The number of carbonyl (C=O) groups is 2. The monoisotopic (exact) mass is 380 g/mol. The number of para-hydroxylation sites is 3. The van der Waals surface area contributed by atoms with Crippen LogP contribution in [0.1, 0.15) is 12.8 Å². The highest BCUT2D eigenvalue weighted by Gasteiger charge is 2.28. The summed E-state index contributed by atoms with van der Waals surface area (Å²) in [6.07, 6.45) is 1.37. The Labute approximate surface area is 166 Å². The molecule has 0 aliphatic carbocycles. The van der Waals surface area contributed by atoms with Crippen molar-refractivity contribution in [3.05, 3.63) is 54.6 Å². The van der Waals surface area contributed by atoms with E-state index < -0.39 is 0 Å². The van der Waals surface area contributed by atoms with Crippen LogP contribution in [0.5, 0.6) is 0 Å². The SMILES string of the molecule is CN(C)C(=O)N1CCC(C(=O)Nc2ccccc2N(C)c2ccccc2)CC1. The van der Waals surface area contributed by atoms with Crippen molar-refractivity contribution in [2.45, 2.75) is 12.8 Å². The predicted octanol–water partition coefficient (Wildman–Crippen LogP) is 3.79. The van der Waals surface area contributed by atoms with Crippen LogP contribution in [-0.4, -0.2) is 56.0 Å². The molecule has 0 atom stereocenters. The number of urea groups is 1. The largest absolute Gasteiger partial charge is 0.343 e. The van der Waals surface area contributed by atoms with E-state index in [1.54, 1.807) is 23.9 Å². The molecule has 1 saturated heterocycles. The summed E-state index contributed by atoms with van der Waals surface area (Å²) in [6.45, 7) is 1.22. The van der Waals surface area contributed by atoms with Gasteiger partial charge in [0.2, 0.25) is 5.91 Å². The second-order valence-electron chi connectivity index (χ2n) is 7.34. The fourth-order valence-electron chi connectivity index (χ4n) is 3.51. The van der Waals surface area contributed by atoms with Gasteiger partial charge < -0.3 is 20.0 Å². The first-order chi connectivity index (χ1) is 13.5. The van der Waals surface area contributed by atoms with E-state index in [9.17, 15) is 9.59 Å². The standard InChI is InChI=1S/C22H28N4O2/c1-24(2)22(28)26-15-13-17(14-16-26)21(27)23-19-11-7-8-12-20(19)25(3)18-9-5-4-6-10-18/h4-12,17H,13-16H2,1-3H3,(H,23,27). The molecular formula is C22H28N4O2. The molecule has 1 N–H and O–H groups in total. The van der Waals surface area contributed by atoms with Crippen molar-refractivity contribution < 1.29 is 9.59 Å². The van der Waals surface area contributed by atoms with E-state index in [-0.39, 0.29) is 17.9 Å². The Kier molecular flexibility index (Phi) is 6.19. The number of nitrogens with one attached hydrogen (secondary N) is 1. The Morgan fingerprint density at radius 1 is 0.929 bits per heavy atom. The van der Waals surface area contributed by atoms with Crippen molar-refractivity contribution in [2.75, 3.05) is 44.4 Å². The van der Waals surface area contributed by atoms with Gasteiger partial charge in [-0.1, -0.05) is 30.3 Å². The fraction of sp³-hybridized carbons (Fsp3) is 0.364. The van der Waals surface area contributed by atoms with Crippen molar-refractivity contribution in [1.82, 2.24) is 9.80 Å². The summed E-state index contributed by atoms with van der Waals surface area (Å²) in [6, 6.07) is 17.9. The Bertz CT molecular complexity index is 814. The first kappa shape index (κ1) is 19.7. The van der Waals surface area contributed by atoms with E-state index in [0.717, 1.165) is 17.1 Å². The zero-order chi connectivity index (χ0) is 20.1. The van der Waals surface area contributed by atoms with Crippen molar-refractivity contribution in [2.24, 2.45) is 5.92 Å². The molecule has 3 amide bonds. The Hall–Kier alpha value is -3.02. The van der Waals surface area contributed by atoms with E-state index in [0.29, 0.717) is 25.9 Å². The number of rotatable bonds is 4. The summed E-state index contributed by atoms with van der Waals surface area (Å²) < 4.78 is 0. The fourth-order valence-corrected chi connectivity index (χ4v) is 3.51. The third-order valence-electron chi connectivity index (χ3n) is 5.19. The normalized spacial score (nSPS) is 14.5. The highest BCUT2D eigenvalue weighted by molar-refractivity contribution is 5.96. The van der Waals surface area contributed by atoms with Crippen LogP contribution in [-0.2, 0) is 4.79 Å². The summed E-state index contributed by atoms with van der Waals surface area (Å²) in [5, 5.41) is 3.10. The summed E-state index contributed by atoms with van der Waals surface area (Å²) in [4.78, 5) is 30.4. The van der Waals surface area contributed by atoms with Gasteiger partial charge in [0.1, 0.15) is 0 Å². The van der Waals surface area contributed by atoms with Gasteiger partial charge >= 0.3 is 6.03 Å². The van der Waals surface area contributed by atoms with Gasteiger partial charge in [0.25, 0.3) is 0 Å². The molecule has 6 nitrogen and oxygen atoms in total. The number of nitrogens with zero attached hydrogens (tertiary/aromatic N) is 3. The smallest absolute Gasteiger partial charge is 0.319 e. The van der Waals surface area contributed by atoms with E-state index in [1.807, 2.05) is 61.6 Å². The molecule has 0 spiro atoms. The van der Waals surface area contributed by atoms with Crippen molar-refractivity contribution in [1.29, 1.82) is 0 Å². The second-order valence-corrected chi connectivity index (χ2v) is 7.34. The number of hydrogen-bond donors (Lipinski definition) is 1. The molecule has 3 rings (SSSR count). The summed E-state index contributed by atoms with van der Waals surface area (Å²) in [5.74, 6) is -0.0628. The van der Waals surface area contributed by atoms with Crippen molar-refractivity contribution in [3.63, 3.8) is 0 Å². The molecule has 1 heterocycles. The Morgan fingerprint density at radius 3 is 2.18 bits per heavy atom. The molecule has 2 aromatic rings. The van der Waals surface area contributed by atoms with Gasteiger partial charge in [-0.05, 0) is 37.1 Å². The molecule has 1 fully saturated rings. The van der Waals surface area contributed by atoms with Crippen molar-refractivity contribution in [3.8, 4) is 0 Å². The minimum Gasteiger partial charge on any atom is -0.343 e. The summed E-state index contributed by atoms with van der Waals surface area (Å²) >= 11 is 0. The highest BCUT2D eigenvalue weighted by atomic mass is 16.2. The molecule has 1 aliphatic rings. The quantitative estimate of drug-likeness (QED) is 0.878. The maximum atomic E-state index is 12.8. The van der Waals surface area contributed by atoms with Gasteiger partial charge in [0, 0.05) is 45.8 Å². The molecule has 0 bridgehead atoms. The number of piperidine rings is 1. The number of anilines is 3. The number of likely N-dealkylation sites (tertiary alicyclic amines) is 1. The van der Waals surface area contributed by atoms with E-state index in [4.69, 9.17) is 0 Å². The molecule has 0 unspecified atom stereocenters. The summed E-state index contributed by atoms with van der Waals surface area (Å²) in [7, 11) is 5.49. The van der Waals surface area contributed by atoms with Gasteiger partial charge in [-0.15, -0.1) is 0 Å². The summed E-state index contributed by atoms with van der Waals surface area (Å²) in [5.41, 5.74) is 2.80. The molecule has 148 valence electrons. The topological polar surface area (TPSA) is 55.9 Å². The lowest BCUT2D eigenvalue weighted by molar-refractivity contribution is -0.121. The molecule has 1 aliphatic heterocycles. The molecule has 0 aromatic heterocycles. The lowest BCUT2D eigenvalue weighted by Crippen LogP contribution is -2.45.